The van der Waals surface area contributed by atoms with Crippen LogP contribution in [0.5, 0.6) is 5.75 Å². The number of carbonyl (C=O) groups excluding carboxylic acids is 2. The number of hydrogen-bond acceptors (Lipinski definition) is 5. The van der Waals surface area contributed by atoms with Crippen molar-refractivity contribution in [2.45, 2.75) is 46.6 Å². The summed E-state index contributed by atoms with van der Waals surface area (Å²) in [6, 6.07) is 6.30. The SMILES string of the molecule is CC.CCC(C)N1CCN(C(=O)CN2CCN(C(=O)Cc3cc(Br)ccc3OC)CC2)CC1. The molecule has 8 heteroatoms. The number of benzene rings is 1. The van der Waals surface area contributed by atoms with Crippen LogP contribution in [0.1, 0.15) is 39.7 Å². The molecule has 1 aromatic carbocycles. The molecular weight excluding hydrogens is 484 g/mol. The Bertz CT molecular complexity index is 760. The molecule has 2 saturated heterocycles. The first-order valence-electron chi connectivity index (χ1n) is 12.3. The van der Waals surface area contributed by atoms with Crippen LogP contribution in [0.15, 0.2) is 22.7 Å². The summed E-state index contributed by atoms with van der Waals surface area (Å²) in [7, 11) is 1.62. The number of halogens is 1. The van der Waals surface area contributed by atoms with Gasteiger partial charge >= 0.3 is 0 Å². The maximum absolute atomic E-state index is 12.8. The molecule has 0 saturated carbocycles. The van der Waals surface area contributed by atoms with Crippen LogP contribution in [0.3, 0.4) is 0 Å². The Morgan fingerprint density at radius 1 is 0.970 bits per heavy atom. The lowest BCUT2D eigenvalue weighted by Gasteiger charge is -2.39. The summed E-state index contributed by atoms with van der Waals surface area (Å²) in [5, 5.41) is 0. The fraction of sp³-hybridized carbons (Fsp3) is 0.680. The van der Waals surface area contributed by atoms with E-state index in [0.717, 1.165) is 61.5 Å². The van der Waals surface area contributed by atoms with Crippen LogP contribution < -0.4 is 4.74 Å². The third-order valence-electron chi connectivity index (χ3n) is 6.55. The van der Waals surface area contributed by atoms with Crippen molar-refractivity contribution in [3.63, 3.8) is 0 Å². The van der Waals surface area contributed by atoms with Gasteiger partial charge in [-0.15, -0.1) is 0 Å². The third-order valence-corrected chi connectivity index (χ3v) is 7.04. The Morgan fingerprint density at radius 3 is 2.12 bits per heavy atom. The summed E-state index contributed by atoms with van der Waals surface area (Å²) in [5.41, 5.74) is 0.885. The van der Waals surface area contributed by atoms with Gasteiger partial charge in [0.1, 0.15) is 5.75 Å². The van der Waals surface area contributed by atoms with Gasteiger partial charge in [-0.25, -0.2) is 0 Å². The minimum atomic E-state index is 0.101. The van der Waals surface area contributed by atoms with Crippen molar-refractivity contribution in [1.82, 2.24) is 19.6 Å². The highest BCUT2D eigenvalue weighted by molar-refractivity contribution is 9.10. The van der Waals surface area contributed by atoms with E-state index in [4.69, 9.17) is 4.74 Å². The summed E-state index contributed by atoms with van der Waals surface area (Å²) in [5.74, 6) is 1.04. The maximum atomic E-state index is 12.8. The number of amides is 2. The predicted molar refractivity (Wildman–Crippen MR) is 137 cm³/mol. The third kappa shape index (κ3) is 7.97. The summed E-state index contributed by atoms with van der Waals surface area (Å²) in [4.78, 5) is 34.1. The van der Waals surface area contributed by atoms with Gasteiger partial charge in [0.2, 0.25) is 11.8 Å². The standard InChI is InChI=1S/C23H35BrN4O3.C2H6/c1-4-18(2)26-11-13-28(14-12-26)23(30)17-25-7-9-27(10-8-25)22(29)16-19-15-20(24)5-6-21(19)31-3;1-2/h5-6,15,18H,4,7-14,16-17H2,1-3H3;1-2H3. The zero-order chi connectivity index (χ0) is 24.4. The lowest BCUT2D eigenvalue weighted by molar-refractivity contribution is -0.136. The quantitative estimate of drug-likeness (QED) is 0.548. The molecule has 0 aliphatic carbocycles. The first-order chi connectivity index (χ1) is 15.9. The molecule has 0 radical (unpaired) electrons. The molecule has 2 aliphatic rings. The lowest BCUT2D eigenvalue weighted by Crippen LogP contribution is -2.55. The average molecular weight is 526 g/mol. The maximum Gasteiger partial charge on any atom is 0.236 e. The Balaban J connectivity index is 0.00000187. The van der Waals surface area contributed by atoms with Crippen molar-refractivity contribution in [1.29, 1.82) is 0 Å². The molecule has 7 nitrogen and oxygen atoms in total. The van der Waals surface area contributed by atoms with Crippen LogP contribution in [0, 0.1) is 0 Å². The summed E-state index contributed by atoms with van der Waals surface area (Å²) >= 11 is 3.46. The minimum absolute atomic E-state index is 0.101. The van der Waals surface area contributed by atoms with Gasteiger partial charge in [0.25, 0.3) is 0 Å². The van der Waals surface area contributed by atoms with Gasteiger partial charge in [-0.1, -0.05) is 36.7 Å². The van der Waals surface area contributed by atoms with E-state index in [2.05, 4.69) is 39.6 Å². The first kappa shape index (κ1) is 27.6. The van der Waals surface area contributed by atoms with Crippen molar-refractivity contribution in [3.05, 3.63) is 28.2 Å². The van der Waals surface area contributed by atoms with E-state index in [9.17, 15) is 9.59 Å². The molecule has 0 aromatic heterocycles. The van der Waals surface area contributed by atoms with Crippen LogP contribution in [-0.2, 0) is 16.0 Å². The molecule has 0 N–H and O–H groups in total. The number of piperazine rings is 2. The van der Waals surface area contributed by atoms with Crippen molar-refractivity contribution >= 4 is 27.7 Å². The number of nitrogens with zero attached hydrogens (tertiary/aromatic N) is 4. The molecule has 1 aromatic rings. The number of carbonyl (C=O) groups is 2. The lowest BCUT2D eigenvalue weighted by atomic mass is 10.1. The fourth-order valence-electron chi connectivity index (χ4n) is 4.28. The van der Waals surface area contributed by atoms with Crippen molar-refractivity contribution < 1.29 is 14.3 Å². The Kier molecular flexibility index (Phi) is 11.6. The van der Waals surface area contributed by atoms with E-state index in [-0.39, 0.29) is 11.8 Å². The molecule has 1 unspecified atom stereocenters. The van der Waals surface area contributed by atoms with E-state index in [1.165, 1.54) is 0 Å². The van der Waals surface area contributed by atoms with E-state index < -0.39 is 0 Å². The van der Waals surface area contributed by atoms with Crippen LogP contribution in [0.4, 0.5) is 0 Å². The molecule has 1 atom stereocenters. The van der Waals surface area contributed by atoms with Crippen LogP contribution in [0.25, 0.3) is 0 Å². The predicted octanol–water partition coefficient (Wildman–Crippen LogP) is 3.11. The average Bonchev–Trinajstić information content (AvgIpc) is 2.85. The van der Waals surface area contributed by atoms with Gasteiger partial charge in [0.15, 0.2) is 0 Å². The van der Waals surface area contributed by atoms with E-state index >= 15 is 0 Å². The molecule has 2 fully saturated rings. The van der Waals surface area contributed by atoms with Gasteiger partial charge in [0.05, 0.1) is 20.1 Å². The second kappa shape index (κ2) is 13.9. The molecule has 2 amide bonds. The fourth-order valence-corrected chi connectivity index (χ4v) is 4.69. The largest absolute Gasteiger partial charge is 0.496 e. The second-order valence-corrected chi connectivity index (χ2v) is 9.38. The van der Waals surface area contributed by atoms with E-state index in [0.29, 0.717) is 32.1 Å². The van der Waals surface area contributed by atoms with Gasteiger partial charge in [-0.3, -0.25) is 19.4 Å². The van der Waals surface area contributed by atoms with E-state index in [1.807, 2.05) is 41.8 Å². The molecule has 2 aliphatic heterocycles. The molecule has 3 rings (SSSR count). The molecule has 186 valence electrons. The Morgan fingerprint density at radius 2 is 1.55 bits per heavy atom. The van der Waals surface area contributed by atoms with E-state index in [1.54, 1.807) is 7.11 Å². The molecular formula is C25H41BrN4O3. The van der Waals surface area contributed by atoms with Gasteiger partial charge in [0, 0.05) is 68.4 Å². The van der Waals surface area contributed by atoms with Crippen LogP contribution in [0.2, 0.25) is 0 Å². The molecule has 33 heavy (non-hydrogen) atoms. The summed E-state index contributed by atoms with van der Waals surface area (Å²) in [6.07, 6.45) is 1.47. The highest BCUT2D eigenvalue weighted by Gasteiger charge is 2.27. The van der Waals surface area contributed by atoms with Gasteiger partial charge in [-0.05, 0) is 31.5 Å². The number of methoxy groups -OCH3 is 1. The summed E-state index contributed by atoms with van der Waals surface area (Å²) in [6.45, 7) is 15.3. The Hall–Kier alpha value is -1.64. The number of hydrogen-bond donors (Lipinski definition) is 0. The first-order valence-corrected chi connectivity index (χ1v) is 13.0. The zero-order valence-electron chi connectivity index (χ0n) is 21.0. The normalized spacial score (nSPS) is 18.4. The highest BCUT2D eigenvalue weighted by Crippen LogP contribution is 2.24. The second-order valence-electron chi connectivity index (χ2n) is 8.46. The number of ether oxygens (including phenoxy) is 1. The molecule has 0 spiro atoms. The van der Waals surface area contributed by atoms with Gasteiger partial charge in [-0.2, -0.15) is 0 Å². The minimum Gasteiger partial charge on any atom is -0.496 e. The molecule has 2 heterocycles. The highest BCUT2D eigenvalue weighted by atomic mass is 79.9. The van der Waals surface area contributed by atoms with Crippen molar-refractivity contribution in [3.8, 4) is 5.75 Å². The van der Waals surface area contributed by atoms with Crippen molar-refractivity contribution in [2.75, 3.05) is 66.0 Å². The summed E-state index contributed by atoms with van der Waals surface area (Å²) < 4.78 is 6.32. The monoisotopic (exact) mass is 524 g/mol. The topological polar surface area (TPSA) is 56.3 Å². The number of rotatable bonds is 7. The van der Waals surface area contributed by atoms with Gasteiger partial charge < -0.3 is 14.5 Å². The zero-order valence-corrected chi connectivity index (χ0v) is 22.6. The van der Waals surface area contributed by atoms with Crippen molar-refractivity contribution in [2.24, 2.45) is 0 Å². The smallest absolute Gasteiger partial charge is 0.236 e. The van der Waals surface area contributed by atoms with Crippen LogP contribution >= 0.6 is 15.9 Å². The van der Waals surface area contributed by atoms with Crippen LogP contribution in [-0.4, -0.2) is 103 Å². The molecule has 0 bridgehead atoms. The Labute approximate surface area is 208 Å².